The predicted molar refractivity (Wildman–Crippen MR) is 162 cm³/mol. The number of hydrogen-bond donors (Lipinski definition) is 1. The maximum Gasteiger partial charge on any atom is 0.226 e. The van der Waals surface area contributed by atoms with Crippen molar-refractivity contribution in [2.24, 2.45) is 11.8 Å². The largest absolute Gasteiger partial charge is 0.490 e. The van der Waals surface area contributed by atoms with Crippen LogP contribution in [-0.2, 0) is 23.1 Å². The topological polar surface area (TPSA) is 62.2 Å². The molecule has 6 aliphatic rings. The lowest BCUT2D eigenvalue weighted by molar-refractivity contribution is -0.200. The molecule has 2 saturated heterocycles. The first kappa shape index (κ1) is 27.0. The van der Waals surface area contributed by atoms with Gasteiger partial charge in [-0.05, 0) is 94.4 Å². The molecule has 2 aromatic rings. The van der Waals surface area contributed by atoms with Crippen LogP contribution >= 0.6 is 0 Å². The molecule has 2 bridgehead atoms. The van der Waals surface area contributed by atoms with Gasteiger partial charge in [0.1, 0.15) is 6.10 Å². The van der Waals surface area contributed by atoms with Gasteiger partial charge in [-0.15, -0.1) is 0 Å². The number of benzene rings is 2. The number of piperidine rings is 1. The van der Waals surface area contributed by atoms with Gasteiger partial charge < -0.3 is 19.5 Å². The molecule has 4 fully saturated rings. The molecule has 1 spiro atoms. The first-order valence-corrected chi connectivity index (χ1v) is 16.7. The average molecular weight is 571 g/mol. The number of carbonyl (C=O) groups is 1. The van der Waals surface area contributed by atoms with Gasteiger partial charge >= 0.3 is 0 Å². The Kier molecular flexibility index (Phi) is 6.42. The minimum atomic E-state index is -0.855. The molecule has 6 nitrogen and oxygen atoms in total. The summed E-state index contributed by atoms with van der Waals surface area (Å²) in [6, 6.07) is 13.1. The predicted octanol–water partition coefficient (Wildman–Crippen LogP) is 5.20. The first-order chi connectivity index (χ1) is 20.4. The zero-order valence-corrected chi connectivity index (χ0v) is 25.3. The van der Waals surface area contributed by atoms with Gasteiger partial charge in [0.15, 0.2) is 11.5 Å². The van der Waals surface area contributed by atoms with Crippen molar-refractivity contribution < 1.29 is 19.4 Å². The van der Waals surface area contributed by atoms with E-state index < -0.39 is 11.0 Å². The van der Waals surface area contributed by atoms with E-state index >= 15 is 0 Å². The van der Waals surface area contributed by atoms with Crippen molar-refractivity contribution in [1.29, 1.82) is 0 Å². The number of aryl methyl sites for hydroxylation is 1. The Morgan fingerprint density at radius 1 is 1.05 bits per heavy atom. The van der Waals surface area contributed by atoms with Crippen LogP contribution in [-0.4, -0.2) is 70.8 Å². The van der Waals surface area contributed by atoms with Gasteiger partial charge in [-0.2, -0.15) is 0 Å². The highest BCUT2D eigenvalue weighted by atomic mass is 16.5. The zero-order valence-electron chi connectivity index (χ0n) is 25.3. The summed E-state index contributed by atoms with van der Waals surface area (Å²) in [7, 11) is 0. The molecule has 0 aromatic heterocycles. The van der Waals surface area contributed by atoms with Gasteiger partial charge in [0.25, 0.3) is 0 Å². The summed E-state index contributed by atoms with van der Waals surface area (Å²) in [5.41, 5.74) is 3.65. The molecule has 2 aromatic carbocycles. The Bertz CT molecular complexity index is 1370. The molecule has 3 heterocycles. The lowest BCUT2D eigenvalue weighted by Gasteiger charge is -2.64. The maximum absolute atomic E-state index is 14.0. The highest BCUT2D eigenvalue weighted by Crippen LogP contribution is 2.66. The van der Waals surface area contributed by atoms with Gasteiger partial charge in [0, 0.05) is 30.6 Å². The SMILES string of the molecule is CCCCOc1ccc2c3c1O[C@H]1[C@@H](N4CCC(Cc5ccc(C)cc5)C4=O)CC[C@@]4(O)[C@@H](C2)N(CC2CC2)CC[C@]314. The molecule has 3 aliphatic heterocycles. The fraction of sp³-hybridized carbons (Fsp3) is 0.639. The summed E-state index contributed by atoms with van der Waals surface area (Å²) in [6.07, 6.45) is 9.40. The zero-order chi connectivity index (χ0) is 28.6. The standard InChI is InChI=1S/C36H46N2O4/c1-3-4-19-41-29-12-11-26-21-30-36(40)15-13-28(38-17-14-27(34(38)39)20-24-7-5-23(2)6-8-24)33-35(36,31(26)32(29)42-33)16-18-37(30)22-25-9-10-25/h5-8,11-12,25,27-28,30,33,40H,3-4,9-10,13-22H2,1-2H3/t27?,28-,30+,33-,35-,36+/m0/s1. The molecular weight excluding hydrogens is 524 g/mol. The summed E-state index contributed by atoms with van der Waals surface area (Å²) in [5.74, 6) is 2.73. The van der Waals surface area contributed by atoms with Crippen LogP contribution in [0.1, 0.15) is 80.5 Å². The van der Waals surface area contributed by atoms with E-state index in [1.54, 1.807) is 0 Å². The molecular formula is C36H46N2O4. The van der Waals surface area contributed by atoms with Crippen molar-refractivity contribution in [2.75, 3.05) is 26.2 Å². The van der Waals surface area contributed by atoms with Gasteiger partial charge in [-0.1, -0.05) is 49.2 Å². The van der Waals surface area contributed by atoms with Crippen molar-refractivity contribution >= 4 is 5.91 Å². The fourth-order valence-electron chi connectivity index (χ4n) is 9.49. The summed E-state index contributed by atoms with van der Waals surface area (Å²) < 4.78 is 13.4. The van der Waals surface area contributed by atoms with Gasteiger partial charge in [0.05, 0.1) is 23.7 Å². The molecule has 3 aliphatic carbocycles. The Morgan fingerprint density at radius 3 is 2.67 bits per heavy atom. The average Bonchev–Trinajstić information content (AvgIpc) is 3.63. The van der Waals surface area contributed by atoms with Crippen LogP contribution < -0.4 is 9.47 Å². The number of aliphatic hydroxyl groups is 1. The third kappa shape index (κ3) is 3.93. The monoisotopic (exact) mass is 570 g/mol. The number of rotatable bonds is 9. The quantitative estimate of drug-likeness (QED) is 0.420. The van der Waals surface area contributed by atoms with Crippen LogP contribution in [0.15, 0.2) is 36.4 Å². The minimum Gasteiger partial charge on any atom is -0.490 e. The second kappa shape index (κ2) is 9.99. The van der Waals surface area contributed by atoms with E-state index in [0.717, 1.165) is 88.4 Å². The number of hydrogen-bond acceptors (Lipinski definition) is 5. The molecule has 6 atom stereocenters. The Hall–Kier alpha value is -2.57. The van der Waals surface area contributed by atoms with E-state index in [1.165, 1.54) is 35.1 Å². The van der Waals surface area contributed by atoms with Crippen molar-refractivity contribution in [3.05, 3.63) is 58.7 Å². The minimum absolute atomic E-state index is 0.0118. The Morgan fingerprint density at radius 2 is 1.88 bits per heavy atom. The number of carbonyl (C=O) groups excluding carboxylic acids is 1. The molecule has 1 N–H and O–H groups in total. The van der Waals surface area contributed by atoms with E-state index in [1.807, 2.05) is 0 Å². The van der Waals surface area contributed by atoms with Crippen LogP contribution in [0, 0.1) is 18.8 Å². The molecule has 1 unspecified atom stereocenters. The van der Waals surface area contributed by atoms with E-state index in [0.29, 0.717) is 6.61 Å². The molecule has 42 heavy (non-hydrogen) atoms. The fourth-order valence-corrected chi connectivity index (χ4v) is 9.49. The number of nitrogens with zero attached hydrogens (tertiary/aromatic N) is 2. The van der Waals surface area contributed by atoms with Crippen LogP contribution in [0.4, 0.5) is 0 Å². The third-order valence-electron chi connectivity index (χ3n) is 11.8. The molecule has 2 saturated carbocycles. The Balaban J connectivity index is 1.15. The smallest absolute Gasteiger partial charge is 0.226 e. The van der Waals surface area contributed by atoms with E-state index in [-0.39, 0.29) is 30.0 Å². The first-order valence-electron chi connectivity index (χ1n) is 16.7. The van der Waals surface area contributed by atoms with Crippen LogP contribution in [0.2, 0.25) is 0 Å². The van der Waals surface area contributed by atoms with Crippen LogP contribution in [0.3, 0.4) is 0 Å². The second-order valence-electron chi connectivity index (χ2n) is 14.3. The number of unbranched alkanes of at least 4 members (excludes halogenated alkanes) is 1. The number of ether oxygens (including phenoxy) is 2. The summed E-state index contributed by atoms with van der Waals surface area (Å²) >= 11 is 0. The van der Waals surface area contributed by atoms with Gasteiger partial charge in [-0.25, -0.2) is 0 Å². The number of likely N-dealkylation sites (tertiary alicyclic amines) is 2. The highest BCUT2D eigenvalue weighted by Gasteiger charge is 2.73. The van der Waals surface area contributed by atoms with Crippen molar-refractivity contribution in [3.8, 4) is 11.5 Å². The summed E-state index contributed by atoms with van der Waals surface area (Å²) in [4.78, 5) is 18.8. The van der Waals surface area contributed by atoms with Crippen molar-refractivity contribution in [2.45, 2.75) is 107 Å². The van der Waals surface area contributed by atoms with E-state index in [4.69, 9.17) is 9.47 Å². The molecule has 8 rings (SSSR count). The molecule has 224 valence electrons. The molecule has 6 heteroatoms. The van der Waals surface area contributed by atoms with Gasteiger partial charge in [-0.3, -0.25) is 9.69 Å². The third-order valence-corrected chi connectivity index (χ3v) is 11.8. The number of amides is 1. The Labute approximate surface area is 250 Å². The molecule has 0 radical (unpaired) electrons. The lowest BCUT2D eigenvalue weighted by atomic mass is 9.48. The van der Waals surface area contributed by atoms with Crippen molar-refractivity contribution in [1.82, 2.24) is 9.80 Å². The van der Waals surface area contributed by atoms with E-state index in [2.05, 4.69) is 60.0 Å². The summed E-state index contributed by atoms with van der Waals surface area (Å²) in [6.45, 7) is 7.81. The van der Waals surface area contributed by atoms with E-state index in [9.17, 15) is 9.90 Å². The maximum atomic E-state index is 14.0. The van der Waals surface area contributed by atoms with Crippen molar-refractivity contribution in [3.63, 3.8) is 0 Å². The van der Waals surface area contributed by atoms with Gasteiger partial charge in [0.2, 0.25) is 5.91 Å². The normalized spacial score (nSPS) is 34.8. The van der Waals surface area contributed by atoms with Crippen LogP contribution in [0.5, 0.6) is 11.5 Å². The highest BCUT2D eigenvalue weighted by molar-refractivity contribution is 5.82. The molecule has 1 amide bonds. The van der Waals surface area contributed by atoms with Crippen LogP contribution in [0.25, 0.3) is 0 Å². The second-order valence-corrected chi connectivity index (χ2v) is 14.3. The lowest BCUT2D eigenvalue weighted by Crippen LogP contribution is -2.78. The summed E-state index contributed by atoms with van der Waals surface area (Å²) in [5, 5.41) is 13.0.